The Balaban J connectivity index is 2.26. The zero-order chi connectivity index (χ0) is 10.7. The largest absolute Gasteiger partial charge is 0.397 e. The van der Waals surface area contributed by atoms with Crippen LogP contribution in [0.15, 0.2) is 42.7 Å². The monoisotopic (exact) mass is 198 g/mol. The van der Waals surface area contributed by atoms with Gasteiger partial charge in [0.15, 0.2) is 0 Å². The minimum Gasteiger partial charge on any atom is -0.397 e. The normalized spacial score (nSPS) is 10.2. The predicted octanol–water partition coefficient (Wildman–Crippen LogP) is 2.56. The third-order valence-corrected chi connectivity index (χ3v) is 2.42. The molecule has 0 aliphatic rings. The summed E-state index contributed by atoms with van der Waals surface area (Å²) in [6.07, 6.45) is 4.35. The van der Waals surface area contributed by atoms with Crippen LogP contribution in [0.2, 0.25) is 0 Å². The first kappa shape index (κ1) is 9.71. The lowest BCUT2D eigenvalue weighted by Gasteiger charge is -2.05. The molecule has 0 saturated carbocycles. The summed E-state index contributed by atoms with van der Waals surface area (Å²) < 4.78 is 0. The highest BCUT2D eigenvalue weighted by Gasteiger charge is 2.00. The maximum absolute atomic E-state index is 5.84. The summed E-state index contributed by atoms with van der Waals surface area (Å²) in [5.74, 6) is 0. The molecule has 1 heterocycles. The summed E-state index contributed by atoms with van der Waals surface area (Å²) in [4.78, 5) is 3.98. The van der Waals surface area contributed by atoms with Crippen molar-refractivity contribution in [3.63, 3.8) is 0 Å². The number of pyridine rings is 1. The minimum atomic E-state index is 0.763. The maximum atomic E-state index is 5.84. The Hall–Kier alpha value is -1.83. The first-order chi connectivity index (χ1) is 7.25. The Morgan fingerprint density at radius 3 is 2.87 bits per heavy atom. The Morgan fingerprint density at radius 1 is 1.27 bits per heavy atom. The second-order valence-electron chi connectivity index (χ2n) is 3.74. The lowest BCUT2D eigenvalue weighted by atomic mass is 10.0. The van der Waals surface area contributed by atoms with Gasteiger partial charge >= 0.3 is 0 Å². The van der Waals surface area contributed by atoms with Gasteiger partial charge in [-0.3, -0.25) is 4.98 Å². The molecular weight excluding hydrogens is 184 g/mol. The van der Waals surface area contributed by atoms with Gasteiger partial charge in [-0.25, -0.2) is 0 Å². The average molecular weight is 198 g/mol. The highest BCUT2D eigenvalue weighted by Crippen LogP contribution is 2.15. The summed E-state index contributed by atoms with van der Waals surface area (Å²) in [5.41, 5.74) is 10.3. The van der Waals surface area contributed by atoms with Crippen LogP contribution in [0.5, 0.6) is 0 Å². The third kappa shape index (κ3) is 2.34. The second-order valence-corrected chi connectivity index (χ2v) is 3.74. The van der Waals surface area contributed by atoms with Crippen LogP contribution in [0.3, 0.4) is 0 Å². The molecule has 0 amide bonds. The fraction of sp³-hybridized carbons (Fsp3) is 0.154. The molecule has 2 N–H and O–H groups in total. The number of aromatic nitrogens is 1. The molecule has 0 aliphatic heterocycles. The van der Waals surface area contributed by atoms with E-state index in [9.17, 15) is 0 Å². The van der Waals surface area contributed by atoms with Crippen molar-refractivity contribution in [1.82, 2.24) is 4.98 Å². The van der Waals surface area contributed by atoms with E-state index in [0.29, 0.717) is 0 Å². The topological polar surface area (TPSA) is 38.9 Å². The number of aryl methyl sites for hydroxylation is 1. The van der Waals surface area contributed by atoms with Crippen LogP contribution in [-0.4, -0.2) is 4.98 Å². The molecule has 1 aromatic heterocycles. The number of hydrogen-bond donors (Lipinski definition) is 1. The molecule has 0 bridgehead atoms. The number of anilines is 1. The quantitative estimate of drug-likeness (QED) is 0.805. The molecule has 0 atom stereocenters. The van der Waals surface area contributed by atoms with Crippen molar-refractivity contribution in [2.75, 3.05) is 5.73 Å². The zero-order valence-electron chi connectivity index (χ0n) is 8.77. The molecular formula is C13H14N2. The Bertz CT molecular complexity index is 464. The van der Waals surface area contributed by atoms with E-state index in [1.807, 2.05) is 6.07 Å². The van der Waals surface area contributed by atoms with E-state index >= 15 is 0 Å². The van der Waals surface area contributed by atoms with Gasteiger partial charge in [-0.15, -0.1) is 0 Å². The molecule has 0 fully saturated rings. The molecule has 0 aliphatic carbocycles. The Morgan fingerprint density at radius 2 is 2.13 bits per heavy atom. The van der Waals surface area contributed by atoms with Gasteiger partial charge in [0.05, 0.1) is 11.9 Å². The third-order valence-electron chi connectivity index (χ3n) is 2.42. The number of nitrogens with zero attached hydrogens (tertiary/aromatic N) is 1. The predicted molar refractivity (Wildman–Crippen MR) is 62.6 cm³/mol. The molecule has 76 valence electrons. The van der Waals surface area contributed by atoms with Crippen LogP contribution in [0, 0.1) is 6.92 Å². The minimum absolute atomic E-state index is 0.763. The van der Waals surface area contributed by atoms with E-state index in [1.54, 1.807) is 12.4 Å². The van der Waals surface area contributed by atoms with E-state index in [2.05, 4.69) is 36.2 Å². The molecule has 2 heteroatoms. The van der Waals surface area contributed by atoms with E-state index in [4.69, 9.17) is 5.73 Å². The maximum Gasteiger partial charge on any atom is 0.0536 e. The number of hydrogen-bond acceptors (Lipinski definition) is 2. The molecule has 1 aromatic carbocycles. The SMILES string of the molecule is Cc1cccc(Cc2ccncc2N)c1. The number of rotatable bonds is 2. The van der Waals surface area contributed by atoms with Gasteiger partial charge in [0, 0.05) is 6.20 Å². The fourth-order valence-electron chi connectivity index (χ4n) is 1.64. The van der Waals surface area contributed by atoms with E-state index in [0.717, 1.165) is 17.7 Å². The molecule has 0 unspecified atom stereocenters. The number of benzene rings is 1. The smallest absolute Gasteiger partial charge is 0.0536 e. The Kier molecular flexibility index (Phi) is 2.68. The van der Waals surface area contributed by atoms with Crippen molar-refractivity contribution in [2.24, 2.45) is 0 Å². The lowest BCUT2D eigenvalue weighted by molar-refractivity contribution is 1.16. The standard InChI is InChI=1S/C13H14N2/c1-10-3-2-4-11(7-10)8-12-5-6-15-9-13(12)14/h2-7,9H,8,14H2,1H3. The molecule has 0 radical (unpaired) electrons. The molecule has 0 saturated heterocycles. The number of nitrogens with two attached hydrogens (primary N) is 1. The van der Waals surface area contributed by atoms with Crippen molar-refractivity contribution in [3.8, 4) is 0 Å². The van der Waals surface area contributed by atoms with Crippen molar-refractivity contribution in [1.29, 1.82) is 0 Å². The van der Waals surface area contributed by atoms with Gasteiger partial charge in [0.1, 0.15) is 0 Å². The summed E-state index contributed by atoms with van der Waals surface area (Å²) in [5, 5.41) is 0. The van der Waals surface area contributed by atoms with Gasteiger partial charge in [0.2, 0.25) is 0 Å². The summed E-state index contributed by atoms with van der Waals surface area (Å²) in [7, 11) is 0. The van der Waals surface area contributed by atoms with Crippen LogP contribution in [0.4, 0.5) is 5.69 Å². The van der Waals surface area contributed by atoms with Crippen molar-refractivity contribution in [2.45, 2.75) is 13.3 Å². The van der Waals surface area contributed by atoms with Gasteiger partial charge in [-0.1, -0.05) is 29.8 Å². The summed E-state index contributed by atoms with van der Waals surface area (Å²) in [6.45, 7) is 2.10. The van der Waals surface area contributed by atoms with Crippen LogP contribution in [0.1, 0.15) is 16.7 Å². The molecule has 0 spiro atoms. The molecule has 2 nitrogen and oxygen atoms in total. The van der Waals surface area contributed by atoms with Gasteiger partial charge in [0.25, 0.3) is 0 Å². The zero-order valence-corrected chi connectivity index (χ0v) is 8.77. The lowest BCUT2D eigenvalue weighted by Crippen LogP contribution is -1.96. The highest BCUT2D eigenvalue weighted by molar-refractivity contribution is 5.46. The van der Waals surface area contributed by atoms with Crippen molar-refractivity contribution >= 4 is 5.69 Å². The van der Waals surface area contributed by atoms with Gasteiger partial charge < -0.3 is 5.73 Å². The highest BCUT2D eigenvalue weighted by atomic mass is 14.7. The average Bonchev–Trinajstić information content (AvgIpc) is 2.22. The first-order valence-corrected chi connectivity index (χ1v) is 4.99. The van der Waals surface area contributed by atoms with Crippen LogP contribution < -0.4 is 5.73 Å². The molecule has 2 aromatic rings. The van der Waals surface area contributed by atoms with Gasteiger partial charge in [-0.2, -0.15) is 0 Å². The Labute approximate surface area is 89.8 Å². The first-order valence-electron chi connectivity index (χ1n) is 4.99. The van der Waals surface area contributed by atoms with E-state index in [1.165, 1.54) is 11.1 Å². The van der Waals surface area contributed by atoms with Crippen LogP contribution in [-0.2, 0) is 6.42 Å². The number of nitrogen functional groups attached to an aromatic ring is 1. The fourth-order valence-corrected chi connectivity index (χ4v) is 1.64. The van der Waals surface area contributed by atoms with E-state index in [-0.39, 0.29) is 0 Å². The van der Waals surface area contributed by atoms with Crippen LogP contribution >= 0.6 is 0 Å². The second kappa shape index (κ2) is 4.13. The van der Waals surface area contributed by atoms with Crippen molar-refractivity contribution in [3.05, 3.63) is 59.4 Å². The van der Waals surface area contributed by atoms with Crippen molar-refractivity contribution < 1.29 is 0 Å². The van der Waals surface area contributed by atoms with E-state index < -0.39 is 0 Å². The summed E-state index contributed by atoms with van der Waals surface area (Å²) in [6, 6.07) is 10.4. The molecule has 15 heavy (non-hydrogen) atoms. The molecule has 2 rings (SSSR count). The summed E-state index contributed by atoms with van der Waals surface area (Å²) >= 11 is 0. The van der Waals surface area contributed by atoms with Gasteiger partial charge in [-0.05, 0) is 30.5 Å². The van der Waals surface area contributed by atoms with Crippen LogP contribution in [0.25, 0.3) is 0 Å².